The van der Waals surface area contributed by atoms with Gasteiger partial charge in [0.05, 0.1) is 18.2 Å². The smallest absolute Gasteiger partial charge is 0.191 e. The number of guanidine groups is 1. The summed E-state index contributed by atoms with van der Waals surface area (Å²) in [4.78, 5) is 4.50. The molecule has 0 aromatic carbocycles. The number of hydrogen-bond donors (Lipinski definition) is 2. The molecule has 2 N–H and O–H groups in total. The molecule has 0 fully saturated rings. The summed E-state index contributed by atoms with van der Waals surface area (Å²) in [6.07, 6.45) is 0. The Labute approximate surface area is 153 Å². The van der Waals surface area contributed by atoms with Gasteiger partial charge >= 0.3 is 0 Å². The number of aromatic nitrogens is 1. The molecule has 8 heteroatoms. The van der Waals surface area contributed by atoms with E-state index in [0.717, 1.165) is 24.8 Å². The van der Waals surface area contributed by atoms with E-state index in [1.54, 1.807) is 0 Å². The monoisotopic (exact) mass is 448 g/mol. The SMILES string of the molecule is CCNC(=NCc1cc(Cl)c(Cl)n1C)NCCOCC.I. The maximum absolute atomic E-state index is 6.03. The Bertz CT molecular complexity index is 452. The second kappa shape index (κ2) is 11.4. The van der Waals surface area contributed by atoms with Crippen LogP contribution in [-0.2, 0) is 18.3 Å². The number of nitrogens with zero attached hydrogens (tertiary/aromatic N) is 2. The van der Waals surface area contributed by atoms with Crippen molar-refractivity contribution in [2.45, 2.75) is 20.4 Å². The number of hydrogen-bond acceptors (Lipinski definition) is 2. The predicted molar refractivity (Wildman–Crippen MR) is 100 cm³/mol. The first-order chi connectivity index (χ1) is 9.60. The van der Waals surface area contributed by atoms with Gasteiger partial charge in [-0.15, -0.1) is 24.0 Å². The lowest BCUT2D eigenvalue weighted by Gasteiger charge is -2.11. The van der Waals surface area contributed by atoms with Crippen LogP contribution in [0.1, 0.15) is 19.5 Å². The van der Waals surface area contributed by atoms with E-state index in [0.29, 0.717) is 29.9 Å². The van der Waals surface area contributed by atoms with Gasteiger partial charge in [0.15, 0.2) is 5.96 Å². The Hall–Kier alpha value is -0.180. The molecule has 0 atom stereocenters. The molecule has 21 heavy (non-hydrogen) atoms. The number of halogens is 3. The van der Waals surface area contributed by atoms with Crippen LogP contribution in [0.25, 0.3) is 0 Å². The van der Waals surface area contributed by atoms with E-state index in [1.807, 2.05) is 31.5 Å². The fraction of sp³-hybridized carbons (Fsp3) is 0.615. The van der Waals surface area contributed by atoms with Crippen LogP contribution < -0.4 is 10.6 Å². The first-order valence-corrected chi connectivity index (χ1v) is 7.45. The van der Waals surface area contributed by atoms with Crippen molar-refractivity contribution in [3.05, 3.63) is 21.9 Å². The first-order valence-electron chi connectivity index (χ1n) is 6.69. The van der Waals surface area contributed by atoms with E-state index in [4.69, 9.17) is 27.9 Å². The Morgan fingerprint density at radius 2 is 2.05 bits per heavy atom. The standard InChI is InChI=1S/C13H22Cl2N4O.HI/c1-4-16-13(17-6-7-20-5-2)18-9-10-8-11(14)12(15)19(10)3;/h8H,4-7,9H2,1-3H3,(H2,16,17,18);1H. The largest absolute Gasteiger partial charge is 0.380 e. The summed E-state index contributed by atoms with van der Waals surface area (Å²) in [5, 5.41) is 7.47. The lowest BCUT2D eigenvalue weighted by molar-refractivity contribution is 0.152. The average Bonchev–Trinajstić information content (AvgIpc) is 2.68. The fourth-order valence-corrected chi connectivity index (χ4v) is 2.04. The molecule has 122 valence electrons. The molecule has 1 aromatic heterocycles. The molecule has 0 unspecified atom stereocenters. The van der Waals surface area contributed by atoms with Crippen molar-refractivity contribution in [3.8, 4) is 0 Å². The van der Waals surface area contributed by atoms with Crippen molar-refractivity contribution in [2.24, 2.45) is 12.0 Å². The van der Waals surface area contributed by atoms with Crippen molar-refractivity contribution < 1.29 is 4.74 Å². The maximum atomic E-state index is 6.03. The quantitative estimate of drug-likeness (QED) is 0.291. The van der Waals surface area contributed by atoms with Crippen LogP contribution in [0, 0.1) is 0 Å². The van der Waals surface area contributed by atoms with Gasteiger partial charge in [-0.1, -0.05) is 23.2 Å². The third-order valence-corrected chi connectivity index (χ3v) is 3.54. The fourth-order valence-electron chi connectivity index (χ4n) is 1.63. The van der Waals surface area contributed by atoms with Crippen LogP contribution >= 0.6 is 47.2 Å². The Kier molecular flexibility index (Phi) is 11.3. The topological polar surface area (TPSA) is 50.6 Å². The third kappa shape index (κ3) is 7.08. The normalized spacial score (nSPS) is 11.2. The minimum Gasteiger partial charge on any atom is -0.380 e. The second-order valence-corrected chi connectivity index (χ2v) is 4.92. The van der Waals surface area contributed by atoms with Gasteiger partial charge < -0.3 is 19.9 Å². The molecule has 0 spiro atoms. The van der Waals surface area contributed by atoms with Gasteiger partial charge in [0.25, 0.3) is 0 Å². The van der Waals surface area contributed by atoms with Gasteiger partial charge in [-0.05, 0) is 19.9 Å². The zero-order chi connectivity index (χ0) is 15.0. The van der Waals surface area contributed by atoms with Crippen molar-refractivity contribution >= 4 is 53.1 Å². The van der Waals surface area contributed by atoms with Crippen molar-refractivity contribution in [1.29, 1.82) is 0 Å². The minimum absolute atomic E-state index is 0. The van der Waals surface area contributed by atoms with Crippen molar-refractivity contribution in [2.75, 3.05) is 26.3 Å². The minimum atomic E-state index is 0. The number of rotatable bonds is 7. The van der Waals surface area contributed by atoms with Gasteiger partial charge in [0, 0.05) is 32.4 Å². The van der Waals surface area contributed by atoms with E-state index < -0.39 is 0 Å². The Morgan fingerprint density at radius 1 is 1.33 bits per heavy atom. The molecule has 1 aromatic rings. The highest BCUT2D eigenvalue weighted by molar-refractivity contribution is 14.0. The molecular weight excluding hydrogens is 426 g/mol. The Balaban J connectivity index is 0.00000400. The van der Waals surface area contributed by atoms with Crippen LogP contribution in [0.4, 0.5) is 0 Å². The van der Waals surface area contributed by atoms with Gasteiger partial charge in [-0.2, -0.15) is 0 Å². The number of aliphatic imine (C=N–C) groups is 1. The highest BCUT2D eigenvalue weighted by Gasteiger charge is 2.08. The molecule has 1 heterocycles. The van der Waals surface area contributed by atoms with Crippen molar-refractivity contribution in [1.82, 2.24) is 15.2 Å². The molecule has 0 aliphatic heterocycles. The van der Waals surface area contributed by atoms with Gasteiger partial charge in [-0.3, -0.25) is 0 Å². The van der Waals surface area contributed by atoms with Crippen LogP contribution in [0.2, 0.25) is 10.2 Å². The summed E-state index contributed by atoms with van der Waals surface area (Å²) in [6, 6.07) is 1.83. The van der Waals surface area contributed by atoms with Gasteiger partial charge in [0.2, 0.25) is 0 Å². The van der Waals surface area contributed by atoms with E-state index in [9.17, 15) is 0 Å². The molecular formula is C13H23Cl2IN4O. The maximum Gasteiger partial charge on any atom is 0.191 e. The van der Waals surface area contributed by atoms with E-state index in [-0.39, 0.29) is 24.0 Å². The molecule has 0 saturated heterocycles. The van der Waals surface area contributed by atoms with E-state index in [2.05, 4.69) is 15.6 Å². The first kappa shape index (κ1) is 20.8. The van der Waals surface area contributed by atoms with Crippen LogP contribution in [0.3, 0.4) is 0 Å². The average molecular weight is 449 g/mol. The van der Waals surface area contributed by atoms with Crippen LogP contribution in [-0.4, -0.2) is 36.8 Å². The second-order valence-electron chi connectivity index (χ2n) is 4.15. The Morgan fingerprint density at radius 3 is 2.57 bits per heavy atom. The molecule has 5 nitrogen and oxygen atoms in total. The zero-order valence-corrected chi connectivity index (χ0v) is 16.4. The summed E-state index contributed by atoms with van der Waals surface area (Å²) < 4.78 is 7.11. The summed E-state index contributed by atoms with van der Waals surface area (Å²) >= 11 is 12.0. The zero-order valence-electron chi connectivity index (χ0n) is 12.6. The summed E-state index contributed by atoms with van der Waals surface area (Å²) in [6.45, 7) is 7.40. The summed E-state index contributed by atoms with van der Waals surface area (Å²) in [7, 11) is 1.87. The van der Waals surface area contributed by atoms with Crippen LogP contribution in [0.5, 0.6) is 0 Å². The van der Waals surface area contributed by atoms with Crippen LogP contribution in [0.15, 0.2) is 11.1 Å². The van der Waals surface area contributed by atoms with E-state index >= 15 is 0 Å². The number of nitrogens with one attached hydrogen (secondary N) is 2. The number of ether oxygens (including phenoxy) is 1. The molecule has 1 rings (SSSR count). The van der Waals surface area contributed by atoms with Gasteiger partial charge in [-0.25, -0.2) is 4.99 Å². The molecule has 0 bridgehead atoms. The summed E-state index contributed by atoms with van der Waals surface area (Å²) in [5.74, 6) is 0.751. The molecule has 0 radical (unpaired) electrons. The molecule has 0 saturated carbocycles. The molecule has 0 aliphatic rings. The molecule has 0 amide bonds. The van der Waals surface area contributed by atoms with E-state index in [1.165, 1.54) is 0 Å². The lowest BCUT2D eigenvalue weighted by atomic mass is 10.4. The highest BCUT2D eigenvalue weighted by Crippen LogP contribution is 2.25. The summed E-state index contributed by atoms with van der Waals surface area (Å²) in [5.41, 5.74) is 0.960. The third-order valence-electron chi connectivity index (χ3n) is 2.70. The predicted octanol–water partition coefficient (Wildman–Crippen LogP) is 3.04. The highest BCUT2D eigenvalue weighted by atomic mass is 127. The molecule has 0 aliphatic carbocycles. The lowest BCUT2D eigenvalue weighted by Crippen LogP contribution is -2.39. The van der Waals surface area contributed by atoms with Crippen molar-refractivity contribution in [3.63, 3.8) is 0 Å². The van der Waals surface area contributed by atoms with Gasteiger partial charge in [0.1, 0.15) is 5.15 Å².